The van der Waals surface area contributed by atoms with E-state index in [1.807, 2.05) is 0 Å². The largest absolute Gasteiger partial charge is 0.487 e. The zero-order chi connectivity index (χ0) is 14.7. The summed E-state index contributed by atoms with van der Waals surface area (Å²) in [7, 11) is 0. The van der Waals surface area contributed by atoms with Crippen molar-refractivity contribution in [1.29, 1.82) is 0 Å². The minimum Gasteiger partial charge on any atom is -0.487 e. The summed E-state index contributed by atoms with van der Waals surface area (Å²) in [6, 6.07) is 2.94. The first-order chi connectivity index (χ1) is 9.47. The number of hydrogen-bond donors (Lipinski definition) is 2. The first kappa shape index (κ1) is 14.7. The van der Waals surface area contributed by atoms with Crippen LogP contribution in [0.2, 0.25) is 0 Å². The maximum Gasteiger partial charge on any atom is 0.223 e. The van der Waals surface area contributed by atoms with Gasteiger partial charge in [0.1, 0.15) is 0 Å². The molecule has 1 amide bonds. The Bertz CT molecular complexity index is 481. The van der Waals surface area contributed by atoms with Gasteiger partial charge in [-0.1, -0.05) is 6.92 Å². The Kier molecular flexibility index (Phi) is 4.54. The number of rotatable bonds is 7. The van der Waals surface area contributed by atoms with Crippen LogP contribution in [0.4, 0.5) is 8.78 Å². The average molecular weight is 284 g/mol. The molecule has 1 unspecified atom stereocenters. The molecule has 3 N–H and O–H groups in total. The average Bonchev–Trinajstić information content (AvgIpc) is 3.18. The molecular weight excluding hydrogens is 266 g/mol. The van der Waals surface area contributed by atoms with Gasteiger partial charge in [-0.05, 0) is 30.5 Å². The number of primary amides is 1. The molecule has 0 aromatic heterocycles. The van der Waals surface area contributed by atoms with Crippen molar-refractivity contribution in [3.63, 3.8) is 0 Å². The zero-order valence-corrected chi connectivity index (χ0v) is 11.3. The van der Waals surface area contributed by atoms with Gasteiger partial charge in [0.2, 0.25) is 5.91 Å². The van der Waals surface area contributed by atoms with Gasteiger partial charge in [0.25, 0.3) is 0 Å². The van der Waals surface area contributed by atoms with E-state index in [4.69, 9.17) is 10.5 Å². The molecule has 0 saturated heterocycles. The van der Waals surface area contributed by atoms with Crippen LogP contribution in [0.15, 0.2) is 12.1 Å². The van der Waals surface area contributed by atoms with Crippen LogP contribution in [-0.4, -0.2) is 18.6 Å². The smallest absolute Gasteiger partial charge is 0.223 e. The molecule has 2 rings (SSSR count). The first-order valence-corrected chi connectivity index (χ1v) is 6.60. The molecule has 1 aliphatic rings. The molecule has 4 nitrogen and oxygen atoms in total. The van der Waals surface area contributed by atoms with E-state index in [-0.39, 0.29) is 6.61 Å². The molecule has 0 bridgehead atoms. The van der Waals surface area contributed by atoms with Crippen LogP contribution in [-0.2, 0) is 11.3 Å². The number of benzene rings is 1. The van der Waals surface area contributed by atoms with E-state index in [1.165, 1.54) is 19.1 Å². The zero-order valence-electron chi connectivity index (χ0n) is 11.3. The second-order valence-corrected chi connectivity index (χ2v) is 5.16. The lowest BCUT2D eigenvalue weighted by molar-refractivity contribution is -0.122. The van der Waals surface area contributed by atoms with Gasteiger partial charge in [0.15, 0.2) is 17.4 Å². The fraction of sp³-hybridized carbons (Fsp3) is 0.500. The van der Waals surface area contributed by atoms with Gasteiger partial charge < -0.3 is 15.8 Å². The minimum atomic E-state index is -0.769. The highest BCUT2D eigenvalue weighted by molar-refractivity contribution is 5.76. The number of nitrogens with one attached hydrogen (secondary N) is 1. The Morgan fingerprint density at radius 2 is 2.05 bits per heavy atom. The van der Waals surface area contributed by atoms with Crippen LogP contribution in [0.5, 0.6) is 5.75 Å². The summed E-state index contributed by atoms with van der Waals surface area (Å²) in [6.07, 6.45) is 2.22. The summed E-state index contributed by atoms with van der Waals surface area (Å²) in [5.74, 6) is -3.18. The van der Waals surface area contributed by atoms with E-state index in [1.54, 1.807) is 0 Å². The lowest BCUT2D eigenvalue weighted by Gasteiger charge is -2.12. The lowest BCUT2D eigenvalue weighted by Crippen LogP contribution is -2.26. The summed E-state index contributed by atoms with van der Waals surface area (Å²) in [6.45, 7) is 1.81. The van der Waals surface area contributed by atoms with Gasteiger partial charge in [0, 0.05) is 12.6 Å². The van der Waals surface area contributed by atoms with E-state index in [0.29, 0.717) is 18.2 Å². The third-order valence-electron chi connectivity index (χ3n) is 3.19. The molecule has 110 valence electrons. The molecule has 1 saturated carbocycles. The van der Waals surface area contributed by atoms with Gasteiger partial charge in [-0.15, -0.1) is 0 Å². The maximum absolute atomic E-state index is 13.8. The third-order valence-corrected chi connectivity index (χ3v) is 3.19. The Balaban J connectivity index is 1.99. The number of carbonyl (C=O) groups excluding carboxylic acids is 1. The Morgan fingerprint density at radius 1 is 1.45 bits per heavy atom. The molecule has 0 spiro atoms. The van der Waals surface area contributed by atoms with E-state index in [0.717, 1.165) is 12.8 Å². The number of amides is 1. The highest BCUT2D eigenvalue weighted by Gasteiger charge is 2.21. The molecule has 1 aromatic rings. The fourth-order valence-corrected chi connectivity index (χ4v) is 1.69. The van der Waals surface area contributed by atoms with E-state index in [2.05, 4.69) is 5.32 Å². The SMILES string of the molecule is CC(COc1c(F)cc(CNC2CC2)cc1F)C(N)=O. The van der Waals surface area contributed by atoms with Crippen molar-refractivity contribution in [2.75, 3.05) is 6.61 Å². The Morgan fingerprint density at radius 3 is 2.55 bits per heavy atom. The van der Waals surface area contributed by atoms with E-state index < -0.39 is 29.2 Å². The molecular formula is C14H18F2N2O2. The Labute approximate surface area is 116 Å². The van der Waals surface area contributed by atoms with Crippen LogP contribution in [0, 0.1) is 17.6 Å². The predicted octanol–water partition coefficient (Wildman–Crippen LogP) is 1.72. The molecule has 0 aliphatic heterocycles. The summed E-state index contributed by atoms with van der Waals surface area (Å²) in [4.78, 5) is 10.8. The van der Waals surface area contributed by atoms with E-state index in [9.17, 15) is 13.6 Å². The molecule has 6 heteroatoms. The van der Waals surface area contributed by atoms with Gasteiger partial charge in [-0.25, -0.2) is 8.78 Å². The molecule has 20 heavy (non-hydrogen) atoms. The minimum absolute atomic E-state index is 0.150. The quantitative estimate of drug-likeness (QED) is 0.801. The van der Waals surface area contributed by atoms with Crippen molar-refractivity contribution in [2.45, 2.75) is 32.4 Å². The number of carbonyl (C=O) groups is 1. The summed E-state index contributed by atoms with van der Waals surface area (Å²) < 4.78 is 32.6. The fourth-order valence-electron chi connectivity index (χ4n) is 1.69. The molecule has 1 aromatic carbocycles. The summed E-state index contributed by atoms with van der Waals surface area (Å²) >= 11 is 0. The van der Waals surface area contributed by atoms with Crippen LogP contribution in [0.25, 0.3) is 0 Å². The number of hydrogen-bond acceptors (Lipinski definition) is 3. The molecule has 1 fully saturated rings. The van der Waals surface area contributed by atoms with Gasteiger partial charge in [-0.2, -0.15) is 0 Å². The number of halogens is 2. The second-order valence-electron chi connectivity index (χ2n) is 5.16. The summed E-state index contributed by atoms with van der Waals surface area (Å²) in [5, 5.41) is 3.18. The van der Waals surface area contributed by atoms with Crippen LogP contribution >= 0.6 is 0 Å². The van der Waals surface area contributed by atoms with Crippen LogP contribution in [0.1, 0.15) is 25.3 Å². The second kappa shape index (κ2) is 6.17. The monoisotopic (exact) mass is 284 g/mol. The summed E-state index contributed by atoms with van der Waals surface area (Å²) in [5.41, 5.74) is 5.59. The van der Waals surface area contributed by atoms with Crippen molar-refractivity contribution >= 4 is 5.91 Å². The normalized spacial score (nSPS) is 15.9. The van der Waals surface area contributed by atoms with Gasteiger partial charge in [0.05, 0.1) is 12.5 Å². The maximum atomic E-state index is 13.8. The van der Waals surface area contributed by atoms with Gasteiger partial charge >= 0.3 is 0 Å². The van der Waals surface area contributed by atoms with E-state index >= 15 is 0 Å². The molecule has 1 atom stereocenters. The number of nitrogens with two attached hydrogens (primary N) is 1. The van der Waals surface area contributed by atoms with Crippen molar-refractivity contribution in [1.82, 2.24) is 5.32 Å². The van der Waals surface area contributed by atoms with Crippen molar-refractivity contribution < 1.29 is 18.3 Å². The number of ether oxygens (including phenoxy) is 1. The Hall–Kier alpha value is -1.69. The van der Waals surface area contributed by atoms with Crippen molar-refractivity contribution in [3.05, 3.63) is 29.3 Å². The molecule has 0 radical (unpaired) electrons. The molecule has 0 heterocycles. The van der Waals surface area contributed by atoms with Crippen molar-refractivity contribution in [2.24, 2.45) is 11.7 Å². The molecule has 1 aliphatic carbocycles. The lowest BCUT2D eigenvalue weighted by atomic mass is 10.2. The van der Waals surface area contributed by atoms with Crippen LogP contribution < -0.4 is 15.8 Å². The highest BCUT2D eigenvalue weighted by Crippen LogP contribution is 2.25. The highest BCUT2D eigenvalue weighted by atomic mass is 19.1. The van der Waals surface area contributed by atoms with Gasteiger partial charge in [-0.3, -0.25) is 4.79 Å². The standard InChI is InChI=1S/C14H18F2N2O2/c1-8(14(17)19)7-20-13-11(15)4-9(5-12(13)16)6-18-10-2-3-10/h4-5,8,10,18H,2-3,6-7H2,1H3,(H2,17,19). The first-order valence-electron chi connectivity index (χ1n) is 6.60. The van der Waals surface area contributed by atoms with Crippen molar-refractivity contribution in [3.8, 4) is 5.75 Å². The third kappa shape index (κ3) is 3.90. The van der Waals surface area contributed by atoms with Crippen LogP contribution in [0.3, 0.4) is 0 Å². The predicted molar refractivity (Wildman–Crippen MR) is 70.1 cm³/mol. The topological polar surface area (TPSA) is 64.3 Å².